The van der Waals surface area contributed by atoms with Crippen LogP contribution >= 0.6 is 15.9 Å². The van der Waals surface area contributed by atoms with E-state index >= 15 is 0 Å². The summed E-state index contributed by atoms with van der Waals surface area (Å²) in [5.74, 6) is -0.955. The van der Waals surface area contributed by atoms with Crippen LogP contribution in [0.4, 0.5) is 5.69 Å². The van der Waals surface area contributed by atoms with Gasteiger partial charge in [-0.25, -0.2) is 0 Å². The Bertz CT molecular complexity index is 793. The maximum absolute atomic E-state index is 11.9. The Labute approximate surface area is 130 Å². The van der Waals surface area contributed by atoms with Crippen LogP contribution in [0.25, 0.3) is 5.70 Å². The molecule has 0 bridgehead atoms. The molecule has 4 heteroatoms. The average molecular weight is 342 g/mol. The van der Waals surface area contributed by atoms with Crippen LogP contribution in [0.5, 0.6) is 0 Å². The highest BCUT2D eigenvalue weighted by Crippen LogP contribution is 2.28. The summed E-state index contributed by atoms with van der Waals surface area (Å²) in [6.45, 7) is 2.01. The molecule has 0 heterocycles. The standard InChI is InChI=1S/C17H12BrNO2/c1-10-6-7-11(8-14(10)18)19-15-9-16(20)17(21)13-5-3-2-4-12(13)15/h2-9,19H,1H3. The minimum absolute atomic E-state index is 0.443. The summed E-state index contributed by atoms with van der Waals surface area (Å²) in [5.41, 5.74) is 3.82. The number of rotatable bonds is 2. The smallest absolute Gasteiger partial charge is 0.233 e. The summed E-state index contributed by atoms with van der Waals surface area (Å²) in [7, 11) is 0. The van der Waals surface area contributed by atoms with Gasteiger partial charge in [-0.2, -0.15) is 0 Å². The number of benzene rings is 2. The topological polar surface area (TPSA) is 46.2 Å². The zero-order valence-corrected chi connectivity index (χ0v) is 12.9. The van der Waals surface area contributed by atoms with Crippen LogP contribution in [0, 0.1) is 6.92 Å². The Kier molecular flexibility index (Phi) is 3.47. The Morgan fingerprint density at radius 3 is 2.43 bits per heavy atom. The SMILES string of the molecule is Cc1ccc(NC2=CC(=O)C(=O)c3ccccc32)cc1Br. The number of hydrogen-bond acceptors (Lipinski definition) is 3. The third-order valence-electron chi connectivity index (χ3n) is 3.41. The van der Waals surface area contributed by atoms with Gasteiger partial charge in [0.05, 0.1) is 5.70 Å². The Morgan fingerprint density at radius 2 is 1.71 bits per heavy atom. The van der Waals surface area contributed by atoms with Gasteiger partial charge >= 0.3 is 0 Å². The van der Waals surface area contributed by atoms with E-state index in [0.29, 0.717) is 11.3 Å². The molecule has 3 rings (SSSR count). The highest BCUT2D eigenvalue weighted by molar-refractivity contribution is 9.10. The van der Waals surface area contributed by atoms with E-state index in [1.54, 1.807) is 12.1 Å². The quantitative estimate of drug-likeness (QED) is 0.840. The molecule has 1 aliphatic carbocycles. The van der Waals surface area contributed by atoms with Gasteiger partial charge in [-0.15, -0.1) is 0 Å². The largest absolute Gasteiger partial charge is 0.355 e. The minimum Gasteiger partial charge on any atom is -0.355 e. The second-order valence-corrected chi connectivity index (χ2v) is 5.74. The van der Waals surface area contributed by atoms with E-state index in [2.05, 4.69) is 21.2 Å². The molecule has 0 radical (unpaired) electrons. The van der Waals surface area contributed by atoms with Crippen LogP contribution < -0.4 is 5.32 Å². The molecule has 104 valence electrons. The predicted octanol–water partition coefficient (Wildman–Crippen LogP) is 3.98. The number of fused-ring (bicyclic) bond motifs is 1. The molecule has 2 aromatic carbocycles. The number of carbonyl (C=O) groups excluding carboxylic acids is 2. The maximum atomic E-state index is 11.9. The number of halogens is 1. The van der Waals surface area contributed by atoms with Crippen molar-refractivity contribution in [2.75, 3.05) is 5.32 Å². The number of aryl methyl sites for hydroxylation is 1. The normalized spacial score (nSPS) is 13.7. The first-order valence-electron chi connectivity index (χ1n) is 6.49. The van der Waals surface area contributed by atoms with E-state index < -0.39 is 11.6 Å². The predicted molar refractivity (Wildman–Crippen MR) is 86.3 cm³/mol. The number of anilines is 1. The van der Waals surface area contributed by atoms with Crippen molar-refractivity contribution < 1.29 is 9.59 Å². The van der Waals surface area contributed by atoms with Crippen LogP contribution in [0.15, 0.2) is 53.0 Å². The van der Waals surface area contributed by atoms with Gasteiger partial charge in [0.15, 0.2) is 0 Å². The second-order valence-electron chi connectivity index (χ2n) is 4.89. The maximum Gasteiger partial charge on any atom is 0.233 e. The number of Topliss-reactive ketones (excluding diaryl/α,β-unsaturated/α-hetero) is 1. The first-order valence-corrected chi connectivity index (χ1v) is 7.28. The summed E-state index contributed by atoms with van der Waals surface area (Å²) < 4.78 is 0.986. The van der Waals surface area contributed by atoms with Gasteiger partial charge in [-0.05, 0) is 24.6 Å². The third kappa shape index (κ3) is 2.54. The first kappa shape index (κ1) is 13.8. The summed E-state index contributed by atoms with van der Waals surface area (Å²) in [6, 6.07) is 13.0. The van der Waals surface area contributed by atoms with Crippen molar-refractivity contribution in [2.24, 2.45) is 0 Å². The fourth-order valence-corrected chi connectivity index (χ4v) is 2.63. The molecular weight excluding hydrogens is 330 g/mol. The summed E-state index contributed by atoms with van der Waals surface area (Å²) >= 11 is 3.48. The number of allylic oxidation sites excluding steroid dienone is 1. The zero-order chi connectivity index (χ0) is 15.0. The molecule has 0 saturated carbocycles. The number of nitrogens with one attached hydrogen (secondary N) is 1. The van der Waals surface area contributed by atoms with Gasteiger partial charge in [0, 0.05) is 27.4 Å². The van der Waals surface area contributed by atoms with Crippen molar-refractivity contribution in [1.29, 1.82) is 0 Å². The zero-order valence-electron chi connectivity index (χ0n) is 11.3. The van der Waals surface area contributed by atoms with Crippen molar-refractivity contribution in [3.05, 3.63) is 69.7 Å². The van der Waals surface area contributed by atoms with E-state index in [-0.39, 0.29) is 0 Å². The lowest BCUT2D eigenvalue weighted by Gasteiger charge is -2.18. The van der Waals surface area contributed by atoms with Crippen molar-refractivity contribution in [2.45, 2.75) is 6.92 Å². The molecular formula is C17H12BrNO2. The highest BCUT2D eigenvalue weighted by Gasteiger charge is 2.25. The first-order chi connectivity index (χ1) is 10.1. The highest BCUT2D eigenvalue weighted by atomic mass is 79.9. The number of carbonyl (C=O) groups is 2. The van der Waals surface area contributed by atoms with Crippen molar-refractivity contribution >= 4 is 38.9 Å². The van der Waals surface area contributed by atoms with Gasteiger partial charge in [0.1, 0.15) is 0 Å². The van der Waals surface area contributed by atoms with Gasteiger partial charge in [0.25, 0.3) is 0 Å². The lowest BCUT2D eigenvalue weighted by atomic mass is 9.92. The fraction of sp³-hybridized carbons (Fsp3) is 0.0588. The summed E-state index contributed by atoms with van der Waals surface area (Å²) in [6.07, 6.45) is 1.36. The molecule has 0 aromatic heterocycles. The average Bonchev–Trinajstić information content (AvgIpc) is 2.48. The number of hydrogen-bond donors (Lipinski definition) is 1. The van der Waals surface area contributed by atoms with Gasteiger partial charge < -0.3 is 5.32 Å². The molecule has 0 fully saturated rings. The van der Waals surface area contributed by atoms with E-state index in [9.17, 15) is 9.59 Å². The van der Waals surface area contributed by atoms with E-state index in [1.165, 1.54) is 6.08 Å². The summed E-state index contributed by atoms with van der Waals surface area (Å²) in [5, 5.41) is 3.21. The van der Waals surface area contributed by atoms with Crippen LogP contribution in [-0.2, 0) is 4.79 Å². The van der Waals surface area contributed by atoms with Crippen molar-refractivity contribution in [3.8, 4) is 0 Å². The van der Waals surface area contributed by atoms with Crippen LogP contribution in [0.1, 0.15) is 21.5 Å². The fourth-order valence-electron chi connectivity index (χ4n) is 2.25. The van der Waals surface area contributed by atoms with Crippen LogP contribution in [-0.4, -0.2) is 11.6 Å². The molecule has 1 N–H and O–H groups in total. The van der Waals surface area contributed by atoms with Crippen LogP contribution in [0.2, 0.25) is 0 Å². The Hall–Kier alpha value is -2.20. The molecule has 0 spiro atoms. The van der Waals surface area contributed by atoms with Crippen LogP contribution in [0.3, 0.4) is 0 Å². The molecule has 0 saturated heterocycles. The third-order valence-corrected chi connectivity index (χ3v) is 4.27. The van der Waals surface area contributed by atoms with Gasteiger partial charge in [-0.3, -0.25) is 9.59 Å². The number of ketones is 2. The summed E-state index contributed by atoms with van der Waals surface area (Å²) in [4.78, 5) is 23.7. The molecule has 3 nitrogen and oxygen atoms in total. The van der Waals surface area contributed by atoms with Gasteiger partial charge in [-0.1, -0.05) is 46.3 Å². The molecule has 21 heavy (non-hydrogen) atoms. The molecule has 2 aromatic rings. The molecule has 0 amide bonds. The van der Waals surface area contributed by atoms with E-state index in [4.69, 9.17) is 0 Å². The molecule has 0 atom stereocenters. The van der Waals surface area contributed by atoms with Gasteiger partial charge in [0.2, 0.25) is 11.6 Å². The monoisotopic (exact) mass is 341 g/mol. The second kappa shape index (κ2) is 5.30. The van der Waals surface area contributed by atoms with E-state index in [0.717, 1.165) is 21.3 Å². The Morgan fingerprint density at radius 1 is 1.00 bits per heavy atom. The van der Waals surface area contributed by atoms with Crippen molar-refractivity contribution in [1.82, 2.24) is 0 Å². The molecule has 1 aliphatic rings. The molecule has 0 aliphatic heterocycles. The lowest BCUT2D eigenvalue weighted by molar-refractivity contribution is -0.111. The Balaban J connectivity index is 2.02. The molecule has 0 unspecified atom stereocenters. The van der Waals surface area contributed by atoms with E-state index in [1.807, 2.05) is 37.3 Å². The minimum atomic E-state index is -0.498. The van der Waals surface area contributed by atoms with Crippen molar-refractivity contribution in [3.63, 3.8) is 0 Å². The lowest BCUT2D eigenvalue weighted by Crippen LogP contribution is -2.20.